The van der Waals surface area contributed by atoms with Gasteiger partial charge in [0.1, 0.15) is 11.6 Å². The van der Waals surface area contributed by atoms with Gasteiger partial charge in [-0.1, -0.05) is 51.1 Å². The zero-order valence-electron chi connectivity index (χ0n) is 22.2. The van der Waals surface area contributed by atoms with E-state index in [9.17, 15) is 19.5 Å². The summed E-state index contributed by atoms with van der Waals surface area (Å²) in [5, 5.41) is 15.6. The number of nitrogens with zero attached hydrogens (tertiary/aromatic N) is 1. The van der Waals surface area contributed by atoms with Crippen molar-refractivity contribution in [1.82, 2.24) is 15.5 Å². The van der Waals surface area contributed by atoms with Crippen molar-refractivity contribution in [2.24, 2.45) is 17.3 Å². The Hall–Kier alpha value is -2.45. The van der Waals surface area contributed by atoms with Crippen LogP contribution in [0.2, 0.25) is 0 Å². The Morgan fingerprint density at radius 2 is 1.83 bits per heavy atom. The highest BCUT2D eigenvalue weighted by molar-refractivity contribution is 5.99. The molecule has 8 nitrogen and oxygen atoms in total. The molecule has 198 valence electrons. The third-order valence-electron chi connectivity index (χ3n) is 7.65. The Kier molecular flexibility index (Phi) is 7.23. The molecule has 3 aliphatic heterocycles. The molecule has 0 saturated carbocycles. The Labute approximate surface area is 214 Å². The van der Waals surface area contributed by atoms with Crippen LogP contribution in [0.4, 0.5) is 0 Å². The van der Waals surface area contributed by atoms with Crippen molar-refractivity contribution >= 4 is 17.7 Å². The highest BCUT2D eigenvalue weighted by atomic mass is 16.5. The van der Waals surface area contributed by atoms with E-state index in [1.54, 1.807) is 4.90 Å². The second kappa shape index (κ2) is 9.78. The first-order valence-corrected chi connectivity index (χ1v) is 13.1. The molecule has 8 heteroatoms. The van der Waals surface area contributed by atoms with Crippen LogP contribution >= 0.6 is 0 Å². The summed E-state index contributed by atoms with van der Waals surface area (Å²) in [6, 6.07) is 8.82. The lowest BCUT2D eigenvalue weighted by atomic mass is 9.70. The van der Waals surface area contributed by atoms with Crippen molar-refractivity contribution in [2.75, 3.05) is 13.2 Å². The van der Waals surface area contributed by atoms with Gasteiger partial charge in [-0.15, -0.1) is 0 Å². The van der Waals surface area contributed by atoms with Crippen molar-refractivity contribution in [2.45, 2.75) is 90.1 Å². The number of aliphatic hydroxyl groups is 1. The number of nitrogens with one attached hydrogen (secondary N) is 2. The third-order valence-corrected chi connectivity index (χ3v) is 7.65. The van der Waals surface area contributed by atoms with Gasteiger partial charge in [0.2, 0.25) is 17.7 Å². The van der Waals surface area contributed by atoms with Gasteiger partial charge in [-0.3, -0.25) is 14.4 Å². The first-order valence-electron chi connectivity index (χ1n) is 13.1. The molecule has 5 atom stereocenters. The Morgan fingerprint density at radius 1 is 1.14 bits per heavy atom. The topological polar surface area (TPSA) is 108 Å². The van der Waals surface area contributed by atoms with Gasteiger partial charge < -0.3 is 25.4 Å². The van der Waals surface area contributed by atoms with Crippen LogP contribution in [0.1, 0.15) is 65.9 Å². The standard InChI is InChI=1S/C28H41N3O5/c1-26(2,3)17-27(4,5)30-24(34)22-28-13-12-19(36-28)20(21(28)25(35)31(22)14-9-15-32)23(33)29-16-18-10-7-6-8-11-18/h6-8,10-11,19-22,32H,9,12-17H2,1-5H3,(H,29,33)(H,30,34)/t19-,20+,21-,22?,28?/m0/s1. The van der Waals surface area contributed by atoms with Crippen LogP contribution in [-0.4, -0.2) is 64.2 Å². The van der Waals surface area contributed by atoms with Crippen LogP contribution in [-0.2, 0) is 25.7 Å². The first-order chi connectivity index (χ1) is 16.9. The summed E-state index contributed by atoms with van der Waals surface area (Å²) in [6.45, 7) is 10.9. The molecule has 2 unspecified atom stereocenters. The molecule has 36 heavy (non-hydrogen) atoms. The molecule has 3 amide bonds. The van der Waals surface area contributed by atoms with Crippen LogP contribution in [0.3, 0.4) is 0 Å². The first kappa shape index (κ1) is 26.6. The molecule has 4 rings (SSSR count). The fraction of sp³-hybridized carbons (Fsp3) is 0.679. The number of hydrogen-bond acceptors (Lipinski definition) is 5. The number of hydrogen-bond donors (Lipinski definition) is 3. The molecule has 1 spiro atoms. The van der Waals surface area contributed by atoms with E-state index < -0.39 is 29.0 Å². The number of aliphatic hydroxyl groups excluding tert-OH is 1. The molecule has 2 bridgehead atoms. The zero-order chi connectivity index (χ0) is 26.3. The predicted molar refractivity (Wildman–Crippen MR) is 136 cm³/mol. The molecule has 0 radical (unpaired) electrons. The lowest BCUT2D eigenvalue weighted by Crippen LogP contribution is -2.59. The average Bonchev–Trinajstić information content (AvgIpc) is 3.42. The highest BCUT2D eigenvalue weighted by Gasteiger charge is 2.74. The monoisotopic (exact) mass is 499 g/mol. The smallest absolute Gasteiger partial charge is 0.246 e. The molecule has 1 aromatic carbocycles. The normalized spacial score (nSPS) is 29.4. The van der Waals surface area contributed by atoms with Gasteiger partial charge in [0.25, 0.3) is 0 Å². The molecular weight excluding hydrogens is 458 g/mol. The van der Waals surface area contributed by atoms with E-state index >= 15 is 0 Å². The largest absolute Gasteiger partial charge is 0.396 e. The van der Waals surface area contributed by atoms with Crippen molar-refractivity contribution in [3.63, 3.8) is 0 Å². The molecule has 3 heterocycles. The summed E-state index contributed by atoms with van der Waals surface area (Å²) in [6.07, 6.45) is 1.93. The summed E-state index contributed by atoms with van der Waals surface area (Å²) in [5.41, 5.74) is -0.526. The van der Waals surface area contributed by atoms with E-state index in [-0.39, 0.29) is 42.4 Å². The highest BCUT2D eigenvalue weighted by Crippen LogP contribution is 2.58. The van der Waals surface area contributed by atoms with E-state index in [2.05, 4.69) is 31.4 Å². The van der Waals surface area contributed by atoms with Crippen LogP contribution in [0, 0.1) is 17.3 Å². The quantitative estimate of drug-likeness (QED) is 0.484. The number of likely N-dealkylation sites (tertiary alicyclic amines) is 1. The minimum atomic E-state index is -1.02. The van der Waals surface area contributed by atoms with Crippen LogP contribution in [0.25, 0.3) is 0 Å². The van der Waals surface area contributed by atoms with Gasteiger partial charge in [0, 0.05) is 25.2 Å². The number of carbonyl (C=O) groups excluding carboxylic acids is 3. The summed E-state index contributed by atoms with van der Waals surface area (Å²) in [7, 11) is 0. The van der Waals surface area contributed by atoms with Crippen molar-refractivity contribution in [1.29, 1.82) is 0 Å². The minimum absolute atomic E-state index is 0.00389. The maximum atomic E-state index is 13.8. The summed E-state index contributed by atoms with van der Waals surface area (Å²) in [4.78, 5) is 42.5. The molecule has 3 fully saturated rings. The van der Waals surface area contributed by atoms with Gasteiger partial charge in [-0.2, -0.15) is 0 Å². The predicted octanol–water partition coefficient (Wildman–Crippen LogP) is 2.39. The van der Waals surface area contributed by atoms with E-state index in [0.717, 1.165) is 12.0 Å². The van der Waals surface area contributed by atoms with Gasteiger partial charge in [0.15, 0.2) is 0 Å². The number of carbonyl (C=O) groups is 3. The van der Waals surface area contributed by atoms with Crippen molar-refractivity contribution in [3.8, 4) is 0 Å². The second-order valence-corrected chi connectivity index (χ2v) is 12.5. The number of ether oxygens (including phenoxy) is 1. The molecule has 0 aliphatic carbocycles. The summed E-state index contributed by atoms with van der Waals surface area (Å²) < 4.78 is 6.45. The number of amides is 3. The molecule has 3 aliphatic rings. The SMILES string of the molecule is CC(C)(C)CC(C)(C)NC(=O)C1N(CCCO)C(=O)[C@@H]2[C@H](C(=O)NCc3ccccc3)[C@@H]3CCC12O3. The third kappa shape index (κ3) is 5.02. The van der Waals surface area contributed by atoms with Gasteiger partial charge in [-0.25, -0.2) is 0 Å². The van der Waals surface area contributed by atoms with Crippen molar-refractivity contribution in [3.05, 3.63) is 35.9 Å². The number of rotatable bonds is 9. The molecule has 0 aromatic heterocycles. The van der Waals surface area contributed by atoms with Crippen LogP contribution in [0.15, 0.2) is 30.3 Å². The maximum Gasteiger partial charge on any atom is 0.246 e. The van der Waals surface area contributed by atoms with E-state index in [1.165, 1.54) is 0 Å². The fourth-order valence-corrected chi connectivity index (χ4v) is 6.91. The Balaban J connectivity index is 1.58. The lowest BCUT2D eigenvalue weighted by molar-refractivity contribution is -0.143. The van der Waals surface area contributed by atoms with Crippen LogP contribution in [0.5, 0.6) is 0 Å². The maximum absolute atomic E-state index is 13.8. The molecular formula is C28H41N3O5. The van der Waals surface area contributed by atoms with E-state index in [1.807, 2.05) is 44.2 Å². The van der Waals surface area contributed by atoms with E-state index in [0.29, 0.717) is 25.8 Å². The average molecular weight is 500 g/mol. The van der Waals surface area contributed by atoms with Gasteiger partial charge in [-0.05, 0) is 50.5 Å². The molecule has 3 N–H and O–H groups in total. The van der Waals surface area contributed by atoms with Gasteiger partial charge >= 0.3 is 0 Å². The minimum Gasteiger partial charge on any atom is -0.396 e. The number of fused-ring (bicyclic) bond motifs is 1. The van der Waals surface area contributed by atoms with E-state index in [4.69, 9.17) is 4.74 Å². The van der Waals surface area contributed by atoms with Crippen LogP contribution < -0.4 is 10.6 Å². The number of benzene rings is 1. The van der Waals surface area contributed by atoms with Gasteiger partial charge in [0.05, 0.1) is 17.9 Å². The molecule has 3 saturated heterocycles. The molecule has 1 aromatic rings. The lowest BCUT2D eigenvalue weighted by Gasteiger charge is -2.38. The Bertz CT molecular complexity index is 989. The Morgan fingerprint density at radius 3 is 2.47 bits per heavy atom. The fourth-order valence-electron chi connectivity index (χ4n) is 6.91. The van der Waals surface area contributed by atoms with Crippen molar-refractivity contribution < 1.29 is 24.2 Å². The zero-order valence-corrected chi connectivity index (χ0v) is 22.2. The summed E-state index contributed by atoms with van der Waals surface area (Å²) >= 11 is 0. The second-order valence-electron chi connectivity index (χ2n) is 12.5. The summed E-state index contributed by atoms with van der Waals surface area (Å²) in [5.74, 6) is -2.01.